The molecule has 1 N–H and O–H groups in total. The number of hydrogen-bond donors (Lipinski definition) is 1. The highest BCUT2D eigenvalue weighted by Gasteiger charge is 2.20. The zero-order valence-electron chi connectivity index (χ0n) is 12.2. The molecule has 1 unspecified atom stereocenters. The number of aryl methyl sites for hydroxylation is 1. The van der Waals surface area contributed by atoms with Crippen LogP contribution in [0.15, 0.2) is 46.9 Å². The summed E-state index contributed by atoms with van der Waals surface area (Å²) in [7, 11) is 0. The van der Waals surface area contributed by atoms with Gasteiger partial charge in [-0.1, -0.05) is 41.1 Å². The third-order valence-corrected chi connectivity index (χ3v) is 4.56. The van der Waals surface area contributed by atoms with Crippen molar-refractivity contribution in [2.75, 3.05) is 18.5 Å². The fourth-order valence-corrected chi connectivity index (χ4v) is 3.30. The van der Waals surface area contributed by atoms with Gasteiger partial charge in [-0.3, -0.25) is 0 Å². The van der Waals surface area contributed by atoms with E-state index in [4.69, 9.17) is 4.74 Å². The fraction of sp³-hybridized carbons (Fsp3) is 0.333. The Morgan fingerprint density at radius 2 is 2.10 bits per heavy atom. The first-order valence-corrected chi connectivity index (χ1v) is 8.31. The Balaban J connectivity index is 1.74. The fourth-order valence-electron chi connectivity index (χ4n) is 2.89. The van der Waals surface area contributed by atoms with Gasteiger partial charge in [0.2, 0.25) is 0 Å². The molecule has 0 fully saturated rings. The normalized spacial score (nSPS) is 17.0. The average Bonchev–Trinajstić information content (AvgIpc) is 2.53. The van der Waals surface area contributed by atoms with Gasteiger partial charge in [0.05, 0.1) is 6.61 Å². The number of para-hydroxylation sites is 1. The predicted octanol–water partition coefficient (Wildman–Crippen LogP) is 4.99. The molecule has 1 heterocycles. The number of rotatable bonds is 4. The van der Waals surface area contributed by atoms with Crippen molar-refractivity contribution in [1.29, 1.82) is 0 Å². The minimum absolute atomic E-state index is 0.517. The average molecular weight is 346 g/mol. The molecule has 0 amide bonds. The number of ether oxygens (including phenoxy) is 1. The summed E-state index contributed by atoms with van der Waals surface area (Å²) in [4.78, 5) is 0. The summed E-state index contributed by atoms with van der Waals surface area (Å²) in [5.74, 6) is 1.56. The Bertz CT molecular complexity index is 626. The molecule has 21 heavy (non-hydrogen) atoms. The van der Waals surface area contributed by atoms with E-state index in [0.29, 0.717) is 5.92 Å². The largest absolute Gasteiger partial charge is 0.493 e. The van der Waals surface area contributed by atoms with E-state index in [9.17, 15) is 0 Å². The number of halogens is 1. The maximum atomic E-state index is 5.73. The molecule has 1 aliphatic heterocycles. The molecule has 0 radical (unpaired) electrons. The summed E-state index contributed by atoms with van der Waals surface area (Å²) in [5, 5.41) is 3.63. The second-order valence-corrected chi connectivity index (χ2v) is 6.32. The molecule has 0 bridgehead atoms. The monoisotopic (exact) mass is 345 g/mol. The Kier molecular flexibility index (Phi) is 4.49. The van der Waals surface area contributed by atoms with Crippen LogP contribution in [-0.4, -0.2) is 13.2 Å². The maximum absolute atomic E-state index is 5.73. The first-order valence-electron chi connectivity index (χ1n) is 7.52. The van der Waals surface area contributed by atoms with Gasteiger partial charge in [-0.05, 0) is 48.2 Å². The summed E-state index contributed by atoms with van der Waals surface area (Å²) in [6, 6.07) is 14.8. The van der Waals surface area contributed by atoms with Crippen molar-refractivity contribution >= 4 is 21.6 Å². The SMILES string of the molecule is CCc1cc(Br)ccc1NCC1CCOc2ccccc21. The predicted molar refractivity (Wildman–Crippen MR) is 91.3 cm³/mol. The van der Waals surface area contributed by atoms with Gasteiger partial charge in [-0.2, -0.15) is 0 Å². The molecule has 2 nitrogen and oxygen atoms in total. The van der Waals surface area contributed by atoms with Gasteiger partial charge < -0.3 is 10.1 Å². The molecule has 2 aromatic rings. The van der Waals surface area contributed by atoms with E-state index in [1.165, 1.54) is 16.8 Å². The van der Waals surface area contributed by atoms with Crippen LogP contribution in [0.25, 0.3) is 0 Å². The first-order chi connectivity index (χ1) is 10.3. The number of nitrogens with one attached hydrogen (secondary N) is 1. The molecule has 110 valence electrons. The van der Waals surface area contributed by atoms with Gasteiger partial charge in [0.15, 0.2) is 0 Å². The van der Waals surface area contributed by atoms with Crippen LogP contribution >= 0.6 is 15.9 Å². The molecule has 0 spiro atoms. The van der Waals surface area contributed by atoms with Crippen LogP contribution in [0, 0.1) is 0 Å². The van der Waals surface area contributed by atoms with Crippen LogP contribution in [0.5, 0.6) is 5.75 Å². The Hall–Kier alpha value is -1.48. The second kappa shape index (κ2) is 6.52. The molecule has 3 heteroatoms. The molecule has 0 aromatic heterocycles. The molecule has 2 aromatic carbocycles. The molecule has 0 saturated heterocycles. The zero-order chi connectivity index (χ0) is 14.7. The summed E-state index contributed by atoms with van der Waals surface area (Å²) in [6.45, 7) is 3.95. The highest BCUT2D eigenvalue weighted by molar-refractivity contribution is 9.10. The molecular weight excluding hydrogens is 326 g/mol. The van der Waals surface area contributed by atoms with Gasteiger partial charge in [0, 0.05) is 22.6 Å². The van der Waals surface area contributed by atoms with E-state index >= 15 is 0 Å². The van der Waals surface area contributed by atoms with Crippen molar-refractivity contribution in [3.8, 4) is 5.75 Å². The van der Waals surface area contributed by atoms with E-state index in [-0.39, 0.29) is 0 Å². The quantitative estimate of drug-likeness (QED) is 0.842. The second-order valence-electron chi connectivity index (χ2n) is 5.41. The number of fused-ring (bicyclic) bond motifs is 1. The lowest BCUT2D eigenvalue weighted by molar-refractivity contribution is 0.270. The molecule has 1 aliphatic rings. The van der Waals surface area contributed by atoms with Crippen LogP contribution < -0.4 is 10.1 Å². The minimum atomic E-state index is 0.517. The Morgan fingerprint density at radius 3 is 2.95 bits per heavy atom. The van der Waals surface area contributed by atoms with Gasteiger partial charge >= 0.3 is 0 Å². The Labute approximate surface area is 134 Å². The van der Waals surface area contributed by atoms with E-state index in [1.807, 2.05) is 6.07 Å². The highest BCUT2D eigenvalue weighted by atomic mass is 79.9. The zero-order valence-corrected chi connectivity index (χ0v) is 13.8. The van der Waals surface area contributed by atoms with Crippen molar-refractivity contribution in [2.45, 2.75) is 25.7 Å². The van der Waals surface area contributed by atoms with Crippen molar-refractivity contribution in [1.82, 2.24) is 0 Å². The topological polar surface area (TPSA) is 21.3 Å². The number of benzene rings is 2. The van der Waals surface area contributed by atoms with Crippen molar-refractivity contribution in [3.05, 3.63) is 58.1 Å². The minimum Gasteiger partial charge on any atom is -0.493 e. The third-order valence-electron chi connectivity index (χ3n) is 4.07. The van der Waals surface area contributed by atoms with E-state index < -0.39 is 0 Å². The van der Waals surface area contributed by atoms with Crippen molar-refractivity contribution in [3.63, 3.8) is 0 Å². The summed E-state index contributed by atoms with van der Waals surface area (Å²) >= 11 is 3.54. The van der Waals surface area contributed by atoms with E-state index in [2.05, 4.69) is 64.6 Å². The van der Waals surface area contributed by atoms with Crippen LogP contribution in [0.3, 0.4) is 0 Å². The van der Waals surface area contributed by atoms with E-state index in [0.717, 1.165) is 36.2 Å². The lowest BCUT2D eigenvalue weighted by atomic mass is 9.93. The molecule has 0 saturated carbocycles. The van der Waals surface area contributed by atoms with E-state index in [1.54, 1.807) is 0 Å². The van der Waals surface area contributed by atoms with Gasteiger partial charge in [0.25, 0.3) is 0 Å². The molecule has 0 aliphatic carbocycles. The summed E-state index contributed by atoms with van der Waals surface area (Å²) in [5.41, 5.74) is 3.92. The summed E-state index contributed by atoms with van der Waals surface area (Å²) in [6.07, 6.45) is 2.11. The van der Waals surface area contributed by atoms with Crippen LogP contribution in [0.2, 0.25) is 0 Å². The van der Waals surface area contributed by atoms with Crippen LogP contribution in [-0.2, 0) is 6.42 Å². The van der Waals surface area contributed by atoms with Crippen LogP contribution in [0.1, 0.15) is 30.4 Å². The highest BCUT2D eigenvalue weighted by Crippen LogP contribution is 2.33. The van der Waals surface area contributed by atoms with Gasteiger partial charge in [-0.15, -0.1) is 0 Å². The van der Waals surface area contributed by atoms with Gasteiger partial charge in [0.1, 0.15) is 5.75 Å². The lowest BCUT2D eigenvalue weighted by Crippen LogP contribution is -2.21. The van der Waals surface area contributed by atoms with Crippen LogP contribution in [0.4, 0.5) is 5.69 Å². The molecule has 3 rings (SSSR count). The smallest absolute Gasteiger partial charge is 0.122 e. The lowest BCUT2D eigenvalue weighted by Gasteiger charge is -2.26. The number of anilines is 1. The number of hydrogen-bond acceptors (Lipinski definition) is 2. The van der Waals surface area contributed by atoms with Gasteiger partial charge in [-0.25, -0.2) is 0 Å². The molecular formula is C18H20BrNO. The van der Waals surface area contributed by atoms with Crippen molar-refractivity contribution < 1.29 is 4.74 Å². The Morgan fingerprint density at radius 1 is 1.24 bits per heavy atom. The third kappa shape index (κ3) is 3.24. The first kappa shape index (κ1) is 14.5. The standard InChI is InChI=1S/C18H20BrNO/c1-2-13-11-15(19)7-8-17(13)20-12-14-9-10-21-18-6-4-3-5-16(14)18/h3-8,11,14,20H,2,9-10,12H2,1H3. The van der Waals surface area contributed by atoms with Crippen molar-refractivity contribution in [2.24, 2.45) is 0 Å². The molecule has 1 atom stereocenters. The maximum Gasteiger partial charge on any atom is 0.122 e. The summed E-state index contributed by atoms with van der Waals surface area (Å²) < 4.78 is 6.87.